The second-order valence-electron chi connectivity index (χ2n) is 7.30. The first-order valence-electron chi connectivity index (χ1n) is 9.48. The fraction of sp³-hybridized carbons (Fsp3) is 0.526. The van der Waals surface area contributed by atoms with Gasteiger partial charge in [0.1, 0.15) is 11.6 Å². The zero-order chi connectivity index (χ0) is 18.8. The molecule has 1 saturated heterocycles. The molecule has 2 heterocycles. The molecule has 2 aromatic rings. The van der Waals surface area contributed by atoms with Crippen LogP contribution in [0.15, 0.2) is 18.2 Å². The van der Waals surface area contributed by atoms with Crippen molar-refractivity contribution in [2.24, 2.45) is 5.92 Å². The molecule has 2 aliphatic rings. The Balaban J connectivity index is 1.49. The van der Waals surface area contributed by atoms with Gasteiger partial charge in [0.2, 0.25) is 0 Å². The molecule has 0 bridgehead atoms. The first-order valence-corrected chi connectivity index (χ1v) is 9.48. The summed E-state index contributed by atoms with van der Waals surface area (Å²) in [7, 11) is 0. The fourth-order valence-corrected chi connectivity index (χ4v) is 3.34. The highest BCUT2D eigenvalue weighted by Crippen LogP contribution is 2.32. The van der Waals surface area contributed by atoms with Gasteiger partial charge in [0.25, 0.3) is 5.91 Å². The Kier molecular flexibility index (Phi) is 5.07. The summed E-state index contributed by atoms with van der Waals surface area (Å²) >= 11 is 0. The molecule has 144 valence electrons. The van der Waals surface area contributed by atoms with Crippen LogP contribution < -0.4 is 15.4 Å². The molecule has 1 amide bonds. The van der Waals surface area contributed by atoms with Crippen LogP contribution in [0.3, 0.4) is 0 Å². The first kappa shape index (κ1) is 17.9. The predicted molar refractivity (Wildman–Crippen MR) is 98.5 cm³/mol. The Morgan fingerprint density at radius 2 is 2.11 bits per heavy atom. The van der Waals surface area contributed by atoms with Gasteiger partial charge < -0.3 is 15.4 Å². The number of hydrogen-bond donors (Lipinski definition) is 2. The van der Waals surface area contributed by atoms with E-state index in [-0.39, 0.29) is 17.6 Å². The number of piperidine rings is 1. The molecule has 0 spiro atoms. The largest absolute Gasteiger partial charge is 0.491 e. The lowest BCUT2D eigenvalue weighted by molar-refractivity contribution is 0.102. The van der Waals surface area contributed by atoms with Crippen LogP contribution in [-0.4, -0.2) is 40.6 Å². The van der Waals surface area contributed by atoms with Crippen LogP contribution in [0.5, 0.6) is 5.75 Å². The molecule has 27 heavy (non-hydrogen) atoms. The Labute approximate surface area is 157 Å². The average molecular weight is 373 g/mol. The lowest BCUT2D eigenvalue weighted by Gasteiger charge is -2.23. The number of rotatable bonds is 6. The minimum Gasteiger partial charge on any atom is -0.491 e. The standard InChI is InChI=1S/C19H24FN5O2/c1-12-18(23-24-25(12)15-6-8-21-9-7-15)19(26)22-16-5-4-14(20)10-17(16)27-11-13-2-3-13/h4-5,10,13,15,21H,2-3,6-9,11H2,1H3,(H,22,26). The SMILES string of the molecule is Cc1c(C(=O)Nc2ccc(F)cc2OCC2CC2)nnn1C1CCNCC1. The normalized spacial score (nSPS) is 17.7. The number of carbonyl (C=O) groups excluding carboxylic acids is 1. The predicted octanol–water partition coefficient (Wildman–Crippen LogP) is 2.69. The zero-order valence-electron chi connectivity index (χ0n) is 15.4. The summed E-state index contributed by atoms with van der Waals surface area (Å²) in [4.78, 5) is 12.7. The molecule has 4 rings (SSSR count). The van der Waals surface area contributed by atoms with E-state index >= 15 is 0 Å². The number of halogens is 1. The highest BCUT2D eigenvalue weighted by atomic mass is 19.1. The Morgan fingerprint density at radius 1 is 1.33 bits per heavy atom. The highest BCUT2D eigenvalue weighted by Gasteiger charge is 2.25. The van der Waals surface area contributed by atoms with Crippen molar-refractivity contribution in [3.63, 3.8) is 0 Å². The summed E-state index contributed by atoms with van der Waals surface area (Å²) in [5.41, 5.74) is 1.46. The number of nitrogens with one attached hydrogen (secondary N) is 2. The van der Waals surface area contributed by atoms with Crippen LogP contribution in [0.2, 0.25) is 0 Å². The van der Waals surface area contributed by atoms with E-state index in [0.717, 1.165) is 44.5 Å². The number of benzene rings is 1. The lowest BCUT2D eigenvalue weighted by Crippen LogP contribution is -2.30. The molecule has 1 aromatic carbocycles. The van der Waals surface area contributed by atoms with Crippen LogP contribution in [0.25, 0.3) is 0 Å². The van der Waals surface area contributed by atoms with Crippen molar-refractivity contribution in [3.05, 3.63) is 35.4 Å². The van der Waals surface area contributed by atoms with Gasteiger partial charge in [-0.25, -0.2) is 9.07 Å². The second kappa shape index (κ2) is 7.64. The van der Waals surface area contributed by atoms with Gasteiger partial charge in [0.05, 0.1) is 24.0 Å². The van der Waals surface area contributed by atoms with E-state index in [1.165, 1.54) is 18.2 Å². The van der Waals surface area contributed by atoms with Crippen molar-refractivity contribution in [1.82, 2.24) is 20.3 Å². The van der Waals surface area contributed by atoms with E-state index < -0.39 is 5.82 Å². The van der Waals surface area contributed by atoms with E-state index in [9.17, 15) is 9.18 Å². The van der Waals surface area contributed by atoms with E-state index in [1.54, 1.807) is 0 Å². The van der Waals surface area contributed by atoms with E-state index in [2.05, 4.69) is 20.9 Å². The molecule has 1 aliphatic carbocycles. The van der Waals surface area contributed by atoms with Gasteiger partial charge in [-0.3, -0.25) is 4.79 Å². The lowest BCUT2D eigenvalue weighted by atomic mass is 10.1. The van der Waals surface area contributed by atoms with E-state index in [0.29, 0.717) is 24.0 Å². The number of nitrogens with zero attached hydrogens (tertiary/aromatic N) is 3. The third-order valence-corrected chi connectivity index (χ3v) is 5.16. The summed E-state index contributed by atoms with van der Waals surface area (Å²) in [6, 6.07) is 4.38. The molecular formula is C19H24FN5O2. The van der Waals surface area contributed by atoms with Crippen molar-refractivity contribution in [3.8, 4) is 5.75 Å². The van der Waals surface area contributed by atoms with Crippen molar-refractivity contribution < 1.29 is 13.9 Å². The van der Waals surface area contributed by atoms with Gasteiger partial charge in [-0.15, -0.1) is 5.10 Å². The van der Waals surface area contributed by atoms with E-state index in [4.69, 9.17) is 4.74 Å². The summed E-state index contributed by atoms with van der Waals surface area (Å²) in [5, 5.41) is 14.4. The first-order chi connectivity index (χ1) is 13.1. The number of hydrogen-bond acceptors (Lipinski definition) is 5. The number of aromatic nitrogens is 3. The summed E-state index contributed by atoms with van der Waals surface area (Å²) < 4.78 is 21.1. The molecule has 0 radical (unpaired) electrons. The van der Waals surface area contributed by atoms with Crippen LogP contribution >= 0.6 is 0 Å². The molecule has 2 N–H and O–H groups in total. The van der Waals surface area contributed by atoms with Crippen LogP contribution in [0.4, 0.5) is 10.1 Å². The van der Waals surface area contributed by atoms with Gasteiger partial charge in [-0.1, -0.05) is 5.21 Å². The average Bonchev–Trinajstić information content (AvgIpc) is 3.43. The number of amides is 1. The molecule has 8 heteroatoms. The number of anilines is 1. The van der Waals surface area contributed by atoms with Crippen molar-refractivity contribution in [2.45, 2.75) is 38.6 Å². The third kappa shape index (κ3) is 4.10. The maximum Gasteiger partial charge on any atom is 0.278 e. The molecule has 1 saturated carbocycles. The molecule has 2 fully saturated rings. The van der Waals surface area contributed by atoms with Crippen LogP contribution in [0, 0.1) is 18.7 Å². The molecule has 1 aromatic heterocycles. The number of ether oxygens (including phenoxy) is 1. The Bertz CT molecular complexity index is 828. The minimum atomic E-state index is -0.396. The van der Waals surface area contributed by atoms with Gasteiger partial charge in [0.15, 0.2) is 5.69 Å². The van der Waals surface area contributed by atoms with Gasteiger partial charge >= 0.3 is 0 Å². The second-order valence-corrected chi connectivity index (χ2v) is 7.30. The summed E-state index contributed by atoms with van der Waals surface area (Å²) in [5.74, 6) is 0.116. The Morgan fingerprint density at radius 3 is 2.85 bits per heavy atom. The highest BCUT2D eigenvalue weighted by molar-refractivity contribution is 6.04. The topological polar surface area (TPSA) is 81.1 Å². The van der Waals surface area contributed by atoms with Crippen molar-refractivity contribution in [2.75, 3.05) is 25.0 Å². The smallest absolute Gasteiger partial charge is 0.278 e. The monoisotopic (exact) mass is 373 g/mol. The Hall–Kier alpha value is -2.48. The van der Waals surface area contributed by atoms with Crippen LogP contribution in [0.1, 0.15) is 47.9 Å². The zero-order valence-corrected chi connectivity index (χ0v) is 15.4. The third-order valence-electron chi connectivity index (χ3n) is 5.16. The molecule has 0 atom stereocenters. The minimum absolute atomic E-state index is 0.253. The molecule has 1 aliphatic heterocycles. The van der Waals surface area contributed by atoms with Gasteiger partial charge in [-0.05, 0) is 63.7 Å². The van der Waals surface area contributed by atoms with Crippen molar-refractivity contribution >= 4 is 11.6 Å². The fourth-order valence-electron chi connectivity index (χ4n) is 3.34. The quantitative estimate of drug-likeness (QED) is 0.814. The van der Waals surface area contributed by atoms with E-state index in [1.807, 2.05) is 11.6 Å². The molecular weight excluding hydrogens is 349 g/mol. The number of carbonyl (C=O) groups is 1. The van der Waals surface area contributed by atoms with Crippen molar-refractivity contribution in [1.29, 1.82) is 0 Å². The van der Waals surface area contributed by atoms with Gasteiger partial charge in [0, 0.05) is 6.07 Å². The summed E-state index contributed by atoms with van der Waals surface area (Å²) in [6.45, 7) is 4.26. The van der Waals surface area contributed by atoms with Gasteiger partial charge in [-0.2, -0.15) is 0 Å². The maximum atomic E-state index is 13.6. The maximum absolute atomic E-state index is 13.6. The van der Waals surface area contributed by atoms with Crippen LogP contribution in [-0.2, 0) is 0 Å². The summed E-state index contributed by atoms with van der Waals surface area (Å²) in [6.07, 6.45) is 4.19. The molecule has 7 nitrogen and oxygen atoms in total. The molecule has 0 unspecified atom stereocenters.